The van der Waals surface area contributed by atoms with E-state index in [2.05, 4.69) is 10.0 Å². The molecular weight excluding hydrogens is 223 g/mol. The molecule has 0 bridgehead atoms. The molecule has 0 saturated carbocycles. The van der Waals surface area contributed by atoms with Crippen LogP contribution in [0.3, 0.4) is 0 Å². The molecule has 0 fully saturated rings. The van der Waals surface area contributed by atoms with Crippen molar-refractivity contribution in [1.82, 2.24) is 0 Å². The molecule has 17 heavy (non-hydrogen) atoms. The Labute approximate surface area is 98.0 Å². The van der Waals surface area contributed by atoms with Gasteiger partial charge in [0.05, 0.1) is 6.54 Å². The molecule has 1 aromatic carbocycles. The number of nitrogens with zero attached hydrogens (tertiary/aromatic N) is 3. The lowest BCUT2D eigenvalue weighted by Crippen LogP contribution is -2.17. The summed E-state index contributed by atoms with van der Waals surface area (Å²) in [6.07, 6.45) is 0.325. The quantitative estimate of drug-likeness (QED) is 0.496. The van der Waals surface area contributed by atoms with E-state index in [-0.39, 0.29) is 24.5 Å². The zero-order valence-corrected chi connectivity index (χ0v) is 9.43. The lowest BCUT2D eigenvalue weighted by molar-refractivity contribution is 0.238. The zero-order chi connectivity index (χ0) is 12.4. The average Bonchev–Trinajstić information content (AvgIpc) is 2.67. The number of ether oxygens (including phenoxy) is 1. The van der Waals surface area contributed by atoms with Crippen molar-refractivity contribution in [2.45, 2.75) is 25.5 Å². The minimum Gasteiger partial charge on any atom is -0.489 e. The third-order valence-corrected chi connectivity index (χ3v) is 2.73. The van der Waals surface area contributed by atoms with E-state index in [0.29, 0.717) is 17.7 Å². The number of hydrogen-bond donors (Lipinski definition) is 1. The summed E-state index contributed by atoms with van der Waals surface area (Å²) in [6, 6.07) is 2.54. The van der Waals surface area contributed by atoms with Crippen molar-refractivity contribution in [3.8, 4) is 5.75 Å². The summed E-state index contributed by atoms with van der Waals surface area (Å²) < 4.78 is 19.0. The summed E-state index contributed by atoms with van der Waals surface area (Å²) in [5.74, 6) is 0.323. The van der Waals surface area contributed by atoms with Crippen molar-refractivity contribution in [2.75, 3.05) is 6.54 Å². The Hall–Kier alpha value is -1.78. The standard InChI is InChI=1S/C11H13FN4O/c1-6(13)10-4-8(12)2-7-3-9(5-15-16-14)17-11(7)10/h2,4,6,9H,3,5,13H2,1H3. The van der Waals surface area contributed by atoms with Crippen LogP contribution in [0.2, 0.25) is 0 Å². The van der Waals surface area contributed by atoms with E-state index in [1.165, 1.54) is 12.1 Å². The molecule has 6 heteroatoms. The molecule has 2 rings (SSSR count). The van der Waals surface area contributed by atoms with Gasteiger partial charge in [-0.1, -0.05) is 5.11 Å². The fraction of sp³-hybridized carbons (Fsp3) is 0.455. The normalized spacial score (nSPS) is 19.1. The Kier molecular flexibility index (Phi) is 3.17. The molecule has 2 N–H and O–H groups in total. The van der Waals surface area contributed by atoms with E-state index in [4.69, 9.17) is 16.0 Å². The number of fused-ring (bicyclic) bond motifs is 1. The van der Waals surface area contributed by atoms with Crippen LogP contribution in [0.4, 0.5) is 4.39 Å². The van der Waals surface area contributed by atoms with Gasteiger partial charge in [-0.3, -0.25) is 0 Å². The number of hydrogen-bond acceptors (Lipinski definition) is 3. The van der Waals surface area contributed by atoms with Crippen LogP contribution in [-0.2, 0) is 6.42 Å². The molecule has 5 nitrogen and oxygen atoms in total. The smallest absolute Gasteiger partial charge is 0.128 e. The van der Waals surface area contributed by atoms with Gasteiger partial charge in [-0.15, -0.1) is 0 Å². The molecule has 2 atom stereocenters. The van der Waals surface area contributed by atoms with Crippen LogP contribution < -0.4 is 10.5 Å². The third kappa shape index (κ3) is 2.33. The van der Waals surface area contributed by atoms with Crippen molar-refractivity contribution in [3.63, 3.8) is 0 Å². The number of nitrogens with two attached hydrogens (primary N) is 1. The van der Waals surface area contributed by atoms with Crippen LogP contribution in [0.5, 0.6) is 5.75 Å². The zero-order valence-electron chi connectivity index (χ0n) is 9.43. The molecule has 1 heterocycles. The van der Waals surface area contributed by atoms with Gasteiger partial charge < -0.3 is 10.5 Å². The predicted octanol–water partition coefficient (Wildman–Crippen LogP) is 2.46. The summed E-state index contributed by atoms with van der Waals surface area (Å²) in [5, 5.41) is 3.46. The Morgan fingerprint density at radius 1 is 1.71 bits per heavy atom. The Morgan fingerprint density at radius 2 is 2.47 bits per heavy atom. The highest BCUT2D eigenvalue weighted by Crippen LogP contribution is 2.36. The molecule has 0 saturated heterocycles. The number of azide groups is 1. The second-order valence-corrected chi connectivity index (χ2v) is 4.13. The van der Waals surface area contributed by atoms with E-state index in [1.54, 1.807) is 6.92 Å². The van der Waals surface area contributed by atoms with Crippen LogP contribution >= 0.6 is 0 Å². The van der Waals surface area contributed by atoms with Gasteiger partial charge in [0.15, 0.2) is 0 Å². The predicted molar refractivity (Wildman–Crippen MR) is 61.1 cm³/mol. The summed E-state index contributed by atoms with van der Waals surface area (Å²) in [5.41, 5.74) is 15.5. The van der Waals surface area contributed by atoms with Crippen molar-refractivity contribution in [2.24, 2.45) is 10.8 Å². The molecule has 0 amide bonds. The van der Waals surface area contributed by atoms with Crippen molar-refractivity contribution < 1.29 is 9.13 Å². The first-order valence-electron chi connectivity index (χ1n) is 5.37. The van der Waals surface area contributed by atoms with Gasteiger partial charge in [0, 0.05) is 28.5 Å². The SMILES string of the molecule is CC(N)c1cc(F)cc2c1OC(CN=[N+]=[N-])C2. The molecule has 1 aromatic rings. The van der Waals surface area contributed by atoms with Gasteiger partial charge >= 0.3 is 0 Å². The molecular formula is C11H13FN4O. The third-order valence-electron chi connectivity index (χ3n) is 2.73. The second-order valence-electron chi connectivity index (χ2n) is 4.13. The molecule has 2 unspecified atom stereocenters. The summed E-state index contributed by atoms with van der Waals surface area (Å²) >= 11 is 0. The Morgan fingerprint density at radius 3 is 3.12 bits per heavy atom. The lowest BCUT2D eigenvalue weighted by atomic mass is 10.0. The van der Waals surface area contributed by atoms with Crippen LogP contribution in [0.15, 0.2) is 17.2 Å². The van der Waals surface area contributed by atoms with Crippen molar-refractivity contribution >= 4 is 0 Å². The van der Waals surface area contributed by atoms with Crippen LogP contribution in [0.1, 0.15) is 24.1 Å². The summed E-state index contributed by atoms with van der Waals surface area (Å²) in [4.78, 5) is 2.68. The van der Waals surface area contributed by atoms with Gasteiger partial charge in [-0.25, -0.2) is 4.39 Å². The van der Waals surface area contributed by atoms with Crippen LogP contribution in [0.25, 0.3) is 10.4 Å². The molecule has 1 aliphatic heterocycles. The minimum atomic E-state index is -0.316. The molecule has 90 valence electrons. The summed E-state index contributed by atoms with van der Waals surface area (Å²) in [7, 11) is 0. The first-order valence-corrected chi connectivity index (χ1v) is 5.37. The van der Waals surface area contributed by atoms with E-state index in [9.17, 15) is 4.39 Å². The van der Waals surface area contributed by atoms with E-state index in [0.717, 1.165) is 5.56 Å². The largest absolute Gasteiger partial charge is 0.489 e. The maximum Gasteiger partial charge on any atom is 0.128 e. The molecule has 0 aromatic heterocycles. The number of benzene rings is 1. The second kappa shape index (κ2) is 4.61. The Balaban J connectivity index is 2.30. The number of rotatable bonds is 3. The van der Waals surface area contributed by atoms with Crippen LogP contribution in [0, 0.1) is 5.82 Å². The lowest BCUT2D eigenvalue weighted by Gasteiger charge is -2.13. The molecule has 0 aliphatic carbocycles. The summed E-state index contributed by atoms with van der Waals surface area (Å²) in [6.45, 7) is 2.02. The highest BCUT2D eigenvalue weighted by atomic mass is 19.1. The Bertz CT molecular complexity index is 483. The highest BCUT2D eigenvalue weighted by molar-refractivity contribution is 5.46. The van der Waals surface area contributed by atoms with E-state index >= 15 is 0 Å². The maximum atomic E-state index is 13.4. The number of halogens is 1. The first-order chi connectivity index (χ1) is 8.11. The van der Waals surface area contributed by atoms with Gasteiger partial charge in [0.2, 0.25) is 0 Å². The van der Waals surface area contributed by atoms with Gasteiger partial charge in [0.1, 0.15) is 17.7 Å². The maximum absolute atomic E-state index is 13.4. The van der Waals surface area contributed by atoms with E-state index < -0.39 is 0 Å². The van der Waals surface area contributed by atoms with Crippen molar-refractivity contribution in [1.29, 1.82) is 0 Å². The topological polar surface area (TPSA) is 84.0 Å². The van der Waals surface area contributed by atoms with Gasteiger partial charge in [-0.05, 0) is 24.6 Å². The monoisotopic (exact) mass is 236 g/mol. The van der Waals surface area contributed by atoms with E-state index in [1.807, 2.05) is 0 Å². The minimum absolute atomic E-state index is 0.222. The van der Waals surface area contributed by atoms with Crippen molar-refractivity contribution in [3.05, 3.63) is 39.5 Å². The molecule has 0 spiro atoms. The first kappa shape index (κ1) is 11.7. The molecule has 1 aliphatic rings. The fourth-order valence-corrected chi connectivity index (χ4v) is 1.99. The average molecular weight is 236 g/mol. The molecule has 0 radical (unpaired) electrons. The van der Waals surface area contributed by atoms with Gasteiger partial charge in [-0.2, -0.15) is 0 Å². The highest BCUT2D eigenvalue weighted by Gasteiger charge is 2.26. The van der Waals surface area contributed by atoms with Gasteiger partial charge in [0.25, 0.3) is 0 Å². The van der Waals surface area contributed by atoms with Crippen LogP contribution in [-0.4, -0.2) is 12.6 Å². The fourth-order valence-electron chi connectivity index (χ4n) is 1.99.